The third kappa shape index (κ3) is 7.12. The van der Waals surface area contributed by atoms with E-state index in [0.717, 1.165) is 12.1 Å². The second-order valence-electron chi connectivity index (χ2n) is 8.16. The minimum absolute atomic E-state index is 0.132. The molecule has 0 aliphatic carbocycles. The molecule has 0 aliphatic rings. The SMILES string of the molecule is C=S(C)(=O)Nc1cc2ncnc(Nc3ccc(F)cc3OC(C)C(=O)NCC(F)(F)F)c2c(C)c1OC. The zero-order chi connectivity index (χ0) is 27.5. The average molecular weight is 544 g/mol. The first kappa shape index (κ1) is 27.8. The largest absolute Gasteiger partial charge is 0.494 e. The fraction of sp³-hybridized carbons (Fsp3) is 0.304. The minimum atomic E-state index is -4.59. The van der Waals surface area contributed by atoms with E-state index >= 15 is 0 Å². The molecule has 0 fully saturated rings. The topological polar surface area (TPSA) is 114 Å². The third-order valence-corrected chi connectivity index (χ3v) is 5.63. The van der Waals surface area contributed by atoms with Crippen molar-refractivity contribution >= 4 is 49.6 Å². The summed E-state index contributed by atoms with van der Waals surface area (Å²) in [6.07, 6.45) is -3.26. The number of ether oxygens (including phenoxy) is 2. The number of benzene rings is 2. The normalized spacial score (nSPS) is 13.9. The number of hydrogen-bond donors (Lipinski definition) is 3. The number of methoxy groups -OCH3 is 1. The average Bonchev–Trinajstić information content (AvgIpc) is 2.77. The van der Waals surface area contributed by atoms with Crippen molar-refractivity contribution in [3.8, 4) is 11.5 Å². The summed E-state index contributed by atoms with van der Waals surface area (Å²) in [6, 6.07) is 5.06. The first-order valence-electron chi connectivity index (χ1n) is 10.7. The van der Waals surface area contributed by atoms with Crippen molar-refractivity contribution in [1.82, 2.24) is 15.3 Å². The van der Waals surface area contributed by atoms with Crippen LogP contribution in [0.25, 0.3) is 10.9 Å². The predicted octanol–water partition coefficient (Wildman–Crippen LogP) is 3.95. The molecule has 2 unspecified atom stereocenters. The van der Waals surface area contributed by atoms with Crippen LogP contribution in [0.5, 0.6) is 11.5 Å². The van der Waals surface area contributed by atoms with Crippen LogP contribution >= 0.6 is 0 Å². The van der Waals surface area contributed by atoms with Crippen LogP contribution in [0.3, 0.4) is 0 Å². The van der Waals surface area contributed by atoms with E-state index in [1.807, 2.05) is 0 Å². The first-order valence-corrected chi connectivity index (χ1v) is 12.8. The van der Waals surface area contributed by atoms with Gasteiger partial charge in [0.1, 0.15) is 36.0 Å². The molecule has 200 valence electrons. The van der Waals surface area contributed by atoms with Gasteiger partial charge < -0.3 is 24.8 Å². The first-order chi connectivity index (χ1) is 17.2. The molecule has 1 heterocycles. The molecular weight excluding hydrogens is 518 g/mol. The van der Waals surface area contributed by atoms with Crippen molar-refractivity contribution < 1.29 is 36.0 Å². The van der Waals surface area contributed by atoms with E-state index in [9.17, 15) is 26.6 Å². The summed E-state index contributed by atoms with van der Waals surface area (Å²) in [4.78, 5) is 20.6. The van der Waals surface area contributed by atoms with Gasteiger partial charge in [-0.1, -0.05) is 0 Å². The van der Waals surface area contributed by atoms with Crippen LogP contribution in [0.15, 0.2) is 30.6 Å². The van der Waals surface area contributed by atoms with Crippen molar-refractivity contribution in [3.05, 3.63) is 42.0 Å². The lowest BCUT2D eigenvalue weighted by Gasteiger charge is -2.20. The van der Waals surface area contributed by atoms with Gasteiger partial charge in [-0.3, -0.25) is 4.79 Å². The molecule has 9 nitrogen and oxygen atoms in total. The van der Waals surface area contributed by atoms with Gasteiger partial charge in [0.2, 0.25) is 0 Å². The summed E-state index contributed by atoms with van der Waals surface area (Å²) in [7, 11) is -1.19. The van der Waals surface area contributed by atoms with Crippen molar-refractivity contribution in [3.63, 3.8) is 0 Å². The Balaban J connectivity index is 1.98. The highest BCUT2D eigenvalue weighted by molar-refractivity contribution is 8.00. The quantitative estimate of drug-likeness (QED) is 0.277. The lowest BCUT2D eigenvalue weighted by Crippen LogP contribution is -2.41. The highest BCUT2D eigenvalue weighted by atomic mass is 32.2. The molecule has 0 radical (unpaired) electrons. The number of nitrogens with zero attached hydrogens (tertiary/aromatic N) is 2. The number of halogens is 4. The Kier molecular flexibility index (Phi) is 8.00. The molecule has 1 aromatic heterocycles. The number of anilines is 3. The van der Waals surface area contributed by atoms with Gasteiger partial charge in [0.15, 0.2) is 6.10 Å². The number of rotatable bonds is 9. The fourth-order valence-electron chi connectivity index (χ4n) is 3.46. The summed E-state index contributed by atoms with van der Waals surface area (Å²) < 4.78 is 77.3. The Morgan fingerprint density at radius 2 is 1.92 bits per heavy atom. The summed E-state index contributed by atoms with van der Waals surface area (Å²) in [5, 5.41) is 5.24. The van der Waals surface area contributed by atoms with E-state index in [-0.39, 0.29) is 17.3 Å². The van der Waals surface area contributed by atoms with Crippen LogP contribution in [-0.2, 0) is 14.5 Å². The predicted molar refractivity (Wildman–Crippen MR) is 134 cm³/mol. The number of fused-ring (bicyclic) bond motifs is 1. The lowest BCUT2D eigenvalue weighted by molar-refractivity contribution is -0.142. The molecule has 0 saturated heterocycles. The fourth-order valence-corrected chi connectivity index (χ4v) is 4.08. The lowest BCUT2D eigenvalue weighted by atomic mass is 10.1. The van der Waals surface area contributed by atoms with Crippen LogP contribution in [0.2, 0.25) is 0 Å². The third-order valence-electron chi connectivity index (χ3n) is 4.98. The van der Waals surface area contributed by atoms with E-state index in [4.69, 9.17) is 9.47 Å². The molecule has 2 atom stereocenters. The maximum absolute atomic E-state index is 14.0. The van der Waals surface area contributed by atoms with Crippen molar-refractivity contribution in [1.29, 1.82) is 0 Å². The maximum atomic E-state index is 14.0. The Bertz CT molecular complexity index is 1430. The molecule has 3 N–H and O–H groups in total. The second kappa shape index (κ2) is 10.7. The van der Waals surface area contributed by atoms with E-state index in [2.05, 4.69) is 25.9 Å². The van der Waals surface area contributed by atoms with Crippen molar-refractivity contribution in [2.75, 3.05) is 29.9 Å². The van der Waals surface area contributed by atoms with Crippen LogP contribution in [0, 0.1) is 12.7 Å². The van der Waals surface area contributed by atoms with Gasteiger partial charge in [-0.05, 0) is 37.9 Å². The van der Waals surface area contributed by atoms with Crippen molar-refractivity contribution in [2.45, 2.75) is 26.1 Å². The Hall–Kier alpha value is -3.81. The summed E-state index contributed by atoms with van der Waals surface area (Å²) >= 11 is 0. The second-order valence-corrected chi connectivity index (χ2v) is 10.4. The monoisotopic (exact) mass is 543 g/mol. The Morgan fingerprint density at radius 3 is 2.54 bits per heavy atom. The van der Waals surface area contributed by atoms with Gasteiger partial charge in [0, 0.05) is 33.0 Å². The van der Waals surface area contributed by atoms with Crippen LogP contribution < -0.4 is 24.8 Å². The van der Waals surface area contributed by atoms with Crippen LogP contribution in [-0.4, -0.2) is 58.1 Å². The van der Waals surface area contributed by atoms with E-state index in [0.29, 0.717) is 27.9 Å². The highest BCUT2D eigenvalue weighted by Crippen LogP contribution is 2.39. The number of aryl methyl sites for hydroxylation is 1. The maximum Gasteiger partial charge on any atom is 0.405 e. The zero-order valence-electron chi connectivity index (χ0n) is 20.3. The summed E-state index contributed by atoms with van der Waals surface area (Å²) in [5.74, 6) is 2.37. The van der Waals surface area contributed by atoms with Crippen molar-refractivity contribution in [2.24, 2.45) is 0 Å². The van der Waals surface area contributed by atoms with E-state index in [1.165, 1.54) is 32.7 Å². The smallest absolute Gasteiger partial charge is 0.405 e. The van der Waals surface area contributed by atoms with Crippen LogP contribution in [0.4, 0.5) is 34.8 Å². The molecule has 0 bridgehead atoms. The summed E-state index contributed by atoms with van der Waals surface area (Å²) in [6.45, 7) is 1.44. The van der Waals surface area contributed by atoms with Gasteiger partial charge >= 0.3 is 6.18 Å². The number of carbonyl (C=O) groups excluding carboxylic acids is 1. The molecule has 0 saturated carbocycles. The molecule has 0 aliphatic heterocycles. The molecule has 0 spiro atoms. The summed E-state index contributed by atoms with van der Waals surface area (Å²) in [5.41, 5.74) is 1.63. The Labute approximate surface area is 210 Å². The number of amides is 1. The molecule has 1 amide bonds. The minimum Gasteiger partial charge on any atom is -0.494 e. The van der Waals surface area contributed by atoms with Gasteiger partial charge in [-0.25, -0.2) is 18.6 Å². The number of hydrogen-bond acceptors (Lipinski definition) is 7. The van der Waals surface area contributed by atoms with Gasteiger partial charge in [-0.2, -0.15) is 13.2 Å². The molecular formula is C23H25F4N5O4S. The van der Waals surface area contributed by atoms with E-state index < -0.39 is 40.3 Å². The number of nitrogens with one attached hydrogen (secondary N) is 3. The highest BCUT2D eigenvalue weighted by Gasteiger charge is 2.29. The standard InChI is InChI=1S/C23H25F4N5O4S/c1-12-19-16(9-17(20(12)35-3)32-37(4,5)34)29-11-30-21(19)31-15-7-6-14(24)8-18(15)36-13(2)22(33)28-10-23(25,26)27/h6-9,11,13H,4,10H2,1-3,5H3,(H,28,33)(H,32,34)(H,29,30,31). The molecule has 3 rings (SSSR count). The van der Waals surface area contributed by atoms with E-state index in [1.54, 1.807) is 18.3 Å². The molecule has 2 aromatic carbocycles. The number of aromatic nitrogens is 2. The Morgan fingerprint density at radius 1 is 1.22 bits per heavy atom. The molecule has 14 heteroatoms. The van der Waals surface area contributed by atoms with Gasteiger partial charge in [-0.15, -0.1) is 0 Å². The number of alkyl halides is 3. The van der Waals surface area contributed by atoms with Crippen LogP contribution in [0.1, 0.15) is 12.5 Å². The van der Waals surface area contributed by atoms with Gasteiger partial charge in [0.25, 0.3) is 5.91 Å². The molecule has 3 aromatic rings. The molecule has 37 heavy (non-hydrogen) atoms. The zero-order valence-corrected chi connectivity index (χ0v) is 21.1. The van der Waals surface area contributed by atoms with Gasteiger partial charge in [0.05, 0.1) is 24.0 Å². The number of carbonyl (C=O) groups is 1.